The average molecular weight is 352 g/mol. The van der Waals surface area contributed by atoms with E-state index in [1.165, 1.54) is 5.56 Å². The summed E-state index contributed by atoms with van der Waals surface area (Å²) in [5, 5.41) is 9.60. The largest absolute Gasteiger partial charge is 0.481 e. The zero-order chi connectivity index (χ0) is 17.5. The molecule has 0 saturated carbocycles. The summed E-state index contributed by atoms with van der Waals surface area (Å²) in [6, 6.07) is 7.83. The predicted molar refractivity (Wildman–Crippen MR) is 95.2 cm³/mol. The van der Waals surface area contributed by atoms with Crippen molar-refractivity contribution in [3.8, 4) is 0 Å². The fourth-order valence-electron chi connectivity index (χ4n) is 3.43. The molecule has 1 aromatic rings. The lowest BCUT2D eigenvalue weighted by Crippen LogP contribution is -2.44. The van der Waals surface area contributed by atoms with Gasteiger partial charge in [-0.2, -0.15) is 0 Å². The number of carboxylic acids is 1. The van der Waals surface area contributed by atoms with E-state index in [0.717, 1.165) is 37.3 Å². The average Bonchev–Trinajstić information content (AvgIpc) is 2.55. The first kappa shape index (κ1) is 18.8. The fraction of sp³-hybridized carbons (Fsp3) is 0.579. The first-order valence-corrected chi connectivity index (χ1v) is 9.09. The van der Waals surface area contributed by atoms with Crippen LogP contribution in [0.15, 0.2) is 24.3 Å². The molecule has 132 valence electrons. The second kappa shape index (κ2) is 9.07. The molecule has 1 aromatic carbocycles. The molecule has 1 saturated heterocycles. The van der Waals surface area contributed by atoms with Gasteiger partial charge in [-0.3, -0.25) is 9.59 Å². The van der Waals surface area contributed by atoms with Crippen molar-refractivity contribution in [2.24, 2.45) is 5.92 Å². The summed E-state index contributed by atoms with van der Waals surface area (Å²) in [6.07, 6.45) is 5.06. The van der Waals surface area contributed by atoms with Gasteiger partial charge in [0, 0.05) is 30.5 Å². The van der Waals surface area contributed by atoms with Gasteiger partial charge >= 0.3 is 5.97 Å². The van der Waals surface area contributed by atoms with Crippen molar-refractivity contribution in [1.29, 1.82) is 0 Å². The second-order valence-electron chi connectivity index (χ2n) is 6.81. The summed E-state index contributed by atoms with van der Waals surface area (Å²) in [6.45, 7) is 2.85. The molecular formula is C19H26ClNO3. The summed E-state index contributed by atoms with van der Waals surface area (Å²) in [5.74, 6) is -0.378. The van der Waals surface area contributed by atoms with Crippen LogP contribution in [0, 0.1) is 5.92 Å². The number of nitrogens with zero attached hydrogens (tertiary/aromatic N) is 1. The molecule has 0 radical (unpaired) electrons. The molecule has 1 fully saturated rings. The summed E-state index contributed by atoms with van der Waals surface area (Å²) < 4.78 is 0. The number of aliphatic carboxylic acids is 1. The smallest absolute Gasteiger partial charge is 0.303 e. The molecule has 2 atom stereocenters. The first-order chi connectivity index (χ1) is 11.5. The number of hydrogen-bond donors (Lipinski definition) is 1. The third kappa shape index (κ3) is 5.82. The van der Waals surface area contributed by atoms with E-state index in [9.17, 15) is 9.59 Å². The van der Waals surface area contributed by atoms with E-state index in [0.29, 0.717) is 12.8 Å². The highest BCUT2D eigenvalue weighted by atomic mass is 35.5. The highest BCUT2D eigenvalue weighted by Gasteiger charge is 2.27. The Morgan fingerprint density at radius 3 is 2.67 bits per heavy atom. The Hall–Kier alpha value is -1.55. The normalized spacial score (nSPS) is 19.1. The van der Waals surface area contributed by atoms with E-state index in [1.54, 1.807) is 0 Å². The van der Waals surface area contributed by atoms with Crippen molar-refractivity contribution >= 4 is 23.5 Å². The minimum atomic E-state index is -0.788. The molecule has 2 rings (SSSR count). The zero-order valence-corrected chi connectivity index (χ0v) is 15.0. The molecule has 0 aromatic heterocycles. The molecule has 1 aliphatic rings. The van der Waals surface area contributed by atoms with E-state index in [4.69, 9.17) is 16.7 Å². The van der Waals surface area contributed by atoms with Crippen LogP contribution in [0.1, 0.15) is 51.0 Å². The van der Waals surface area contributed by atoms with Gasteiger partial charge in [-0.15, -0.1) is 0 Å². The number of amides is 1. The number of carbonyl (C=O) groups is 2. The second-order valence-corrected chi connectivity index (χ2v) is 7.25. The molecule has 1 heterocycles. The highest BCUT2D eigenvalue weighted by Crippen LogP contribution is 2.24. The molecule has 0 bridgehead atoms. The van der Waals surface area contributed by atoms with E-state index < -0.39 is 5.97 Å². The highest BCUT2D eigenvalue weighted by molar-refractivity contribution is 6.30. The van der Waals surface area contributed by atoms with Gasteiger partial charge < -0.3 is 10.0 Å². The van der Waals surface area contributed by atoms with Crippen LogP contribution in [0.25, 0.3) is 0 Å². The van der Waals surface area contributed by atoms with Crippen LogP contribution < -0.4 is 0 Å². The molecule has 24 heavy (non-hydrogen) atoms. The topological polar surface area (TPSA) is 57.6 Å². The van der Waals surface area contributed by atoms with Gasteiger partial charge in [0.05, 0.1) is 0 Å². The molecule has 2 unspecified atom stereocenters. The number of carboxylic acid groups (broad SMARTS) is 1. The van der Waals surface area contributed by atoms with Gasteiger partial charge in [0.2, 0.25) is 5.91 Å². The van der Waals surface area contributed by atoms with Gasteiger partial charge in [0.25, 0.3) is 0 Å². The Morgan fingerprint density at radius 1 is 1.29 bits per heavy atom. The summed E-state index contributed by atoms with van der Waals surface area (Å²) >= 11 is 5.90. The molecule has 1 N–H and O–H groups in total. The number of carbonyl (C=O) groups excluding carboxylic acids is 1. The maximum Gasteiger partial charge on any atom is 0.303 e. The Bertz CT molecular complexity index is 558. The molecule has 4 nitrogen and oxygen atoms in total. The number of hydrogen-bond acceptors (Lipinski definition) is 2. The molecule has 5 heteroatoms. The van der Waals surface area contributed by atoms with Gasteiger partial charge in [0.15, 0.2) is 0 Å². The number of likely N-dealkylation sites (tertiary alicyclic amines) is 1. The maximum atomic E-state index is 12.7. The Labute approximate surface area is 148 Å². The Kier molecular flexibility index (Phi) is 7.10. The van der Waals surface area contributed by atoms with Crippen LogP contribution in [0.3, 0.4) is 0 Å². The fourth-order valence-corrected chi connectivity index (χ4v) is 3.56. The summed E-state index contributed by atoms with van der Waals surface area (Å²) in [5.41, 5.74) is 1.18. The monoisotopic (exact) mass is 351 g/mol. The maximum absolute atomic E-state index is 12.7. The van der Waals surface area contributed by atoms with Crippen molar-refractivity contribution in [3.05, 3.63) is 34.9 Å². The zero-order valence-electron chi connectivity index (χ0n) is 14.2. The van der Waals surface area contributed by atoms with Crippen LogP contribution in [0.4, 0.5) is 0 Å². The van der Waals surface area contributed by atoms with Crippen LogP contribution in [-0.2, 0) is 16.0 Å². The van der Waals surface area contributed by atoms with Crippen LogP contribution in [0.2, 0.25) is 5.02 Å². The number of halogens is 1. The SMILES string of the molecule is CC(CC(=O)N1CCCCC1CCC(=O)O)Cc1ccc(Cl)cc1. The van der Waals surface area contributed by atoms with Crippen molar-refractivity contribution in [3.63, 3.8) is 0 Å². The van der Waals surface area contributed by atoms with Gasteiger partial charge in [0.1, 0.15) is 0 Å². The Morgan fingerprint density at radius 2 is 2.00 bits per heavy atom. The molecule has 0 spiro atoms. The minimum Gasteiger partial charge on any atom is -0.481 e. The van der Waals surface area contributed by atoms with Crippen molar-refractivity contribution in [2.45, 2.75) is 57.9 Å². The molecule has 1 aliphatic heterocycles. The molecular weight excluding hydrogens is 326 g/mol. The standard InChI is InChI=1S/C19H26ClNO3/c1-14(12-15-5-7-16(20)8-6-15)13-18(22)21-11-3-2-4-17(21)9-10-19(23)24/h5-8,14,17H,2-4,9-13H2,1H3,(H,23,24). The number of piperidine rings is 1. The lowest BCUT2D eigenvalue weighted by molar-refractivity contribution is -0.140. The van der Waals surface area contributed by atoms with Gasteiger partial charge in [-0.1, -0.05) is 30.7 Å². The predicted octanol–water partition coefficient (Wildman–Crippen LogP) is 4.15. The first-order valence-electron chi connectivity index (χ1n) is 8.71. The summed E-state index contributed by atoms with van der Waals surface area (Å²) in [7, 11) is 0. The minimum absolute atomic E-state index is 0.0880. The van der Waals surface area contributed by atoms with Crippen LogP contribution >= 0.6 is 11.6 Å². The van der Waals surface area contributed by atoms with Crippen molar-refractivity contribution < 1.29 is 14.7 Å². The van der Waals surface area contributed by atoms with Crippen LogP contribution in [-0.4, -0.2) is 34.5 Å². The molecule has 1 amide bonds. The number of rotatable bonds is 7. The third-order valence-corrected chi connectivity index (χ3v) is 4.91. The molecule has 0 aliphatic carbocycles. The van der Waals surface area contributed by atoms with E-state index in [-0.39, 0.29) is 24.3 Å². The van der Waals surface area contributed by atoms with Gasteiger partial charge in [-0.05, 0) is 55.7 Å². The van der Waals surface area contributed by atoms with Gasteiger partial charge in [-0.25, -0.2) is 0 Å². The lowest BCUT2D eigenvalue weighted by Gasteiger charge is -2.36. The van der Waals surface area contributed by atoms with Crippen molar-refractivity contribution in [1.82, 2.24) is 4.90 Å². The lowest BCUT2D eigenvalue weighted by atomic mass is 9.94. The quantitative estimate of drug-likeness (QED) is 0.802. The van der Waals surface area contributed by atoms with E-state index >= 15 is 0 Å². The summed E-state index contributed by atoms with van der Waals surface area (Å²) in [4.78, 5) is 25.4. The third-order valence-electron chi connectivity index (χ3n) is 4.66. The number of benzene rings is 1. The van der Waals surface area contributed by atoms with Crippen LogP contribution in [0.5, 0.6) is 0 Å². The van der Waals surface area contributed by atoms with Crippen molar-refractivity contribution in [2.75, 3.05) is 6.54 Å². The van der Waals surface area contributed by atoms with E-state index in [1.807, 2.05) is 29.2 Å². The Balaban J connectivity index is 1.88. The van der Waals surface area contributed by atoms with E-state index in [2.05, 4.69) is 6.92 Å².